The second-order valence-corrected chi connectivity index (χ2v) is 15.3. The SMILES string of the molecule is CC/C=C/C=C/C=C/C=C/C=C/CCCC(=O)OC(COCCC(C(=O)[O-])[N+](C)(C)C)COC(=O)CCCCCCC/C=C/CCCCCCCCCCC. The van der Waals surface area contributed by atoms with E-state index >= 15 is 0 Å². The molecule has 0 saturated heterocycles. The lowest BCUT2D eigenvalue weighted by Crippen LogP contribution is -2.55. The van der Waals surface area contributed by atoms with Gasteiger partial charge >= 0.3 is 11.9 Å². The first-order chi connectivity index (χ1) is 26.6. The molecular formula is C47H79NO7. The summed E-state index contributed by atoms with van der Waals surface area (Å²) in [7, 11) is 5.37. The Hall–Kier alpha value is -3.23. The van der Waals surface area contributed by atoms with E-state index in [0.29, 0.717) is 19.3 Å². The van der Waals surface area contributed by atoms with Gasteiger partial charge in [0.25, 0.3) is 0 Å². The summed E-state index contributed by atoms with van der Waals surface area (Å²) in [5.74, 6) is -1.85. The molecule has 0 rings (SSSR count). The molecule has 0 saturated carbocycles. The van der Waals surface area contributed by atoms with Gasteiger partial charge in [-0.15, -0.1) is 0 Å². The minimum absolute atomic E-state index is 0.00582. The first kappa shape index (κ1) is 51.8. The average molecular weight is 770 g/mol. The third kappa shape index (κ3) is 36.2. The normalized spacial score (nSPS) is 13.7. The molecule has 0 aromatic heterocycles. The van der Waals surface area contributed by atoms with Gasteiger partial charge in [0.15, 0.2) is 6.10 Å². The summed E-state index contributed by atoms with van der Waals surface area (Å²) in [6.45, 7) is 4.41. The van der Waals surface area contributed by atoms with E-state index < -0.39 is 24.1 Å². The number of unbranched alkanes of at least 4 members (excludes halogenated alkanes) is 15. The molecule has 8 nitrogen and oxygen atoms in total. The van der Waals surface area contributed by atoms with Crippen molar-refractivity contribution < 1.29 is 38.2 Å². The molecule has 0 bridgehead atoms. The van der Waals surface area contributed by atoms with Crippen LogP contribution in [0.3, 0.4) is 0 Å². The van der Waals surface area contributed by atoms with Gasteiger partial charge in [-0.2, -0.15) is 0 Å². The van der Waals surface area contributed by atoms with E-state index in [0.717, 1.165) is 38.5 Å². The lowest BCUT2D eigenvalue weighted by Gasteiger charge is -2.34. The topological polar surface area (TPSA) is 102 Å². The van der Waals surface area contributed by atoms with E-state index in [2.05, 4.69) is 32.1 Å². The number of likely N-dealkylation sites (N-methyl/N-ethyl adjacent to an activating group) is 1. The molecule has 0 aliphatic heterocycles. The number of aliphatic carboxylic acids is 1. The number of carboxylic acids is 1. The van der Waals surface area contributed by atoms with Crippen molar-refractivity contribution in [2.75, 3.05) is 41.0 Å². The van der Waals surface area contributed by atoms with E-state index in [9.17, 15) is 19.5 Å². The van der Waals surface area contributed by atoms with E-state index in [1.165, 1.54) is 70.6 Å². The van der Waals surface area contributed by atoms with Crippen molar-refractivity contribution in [1.82, 2.24) is 0 Å². The van der Waals surface area contributed by atoms with Gasteiger partial charge in [0.05, 0.1) is 40.3 Å². The maximum Gasteiger partial charge on any atom is 0.306 e. The predicted octanol–water partition coefficient (Wildman–Crippen LogP) is 10.2. The summed E-state index contributed by atoms with van der Waals surface area (Å²) in [5, 5.41) is 11.6. The van der Waals surface area contributed by atoms with Crippen LogP contribution in [0.15, 0.2) is 72.9 Å². The molecule has 0 aliphatic carbocycles. The predicted molar refractivity (Wildman–Crippen MR) is 226 cm³/mol. The van der Waals surface area contributed by atoms with Crippen molar-refractivity contribution in [3.05, 3.63) is 72.9 Å². The quantitative estimate of drug-likeness (QED) is 0.0204. The number of carboxylic acid groups (broad SMARTS) is 1. The van der Waals surface area contributed by atoms with Gasteiger partial charge in [0, 0.05) is 19.3 Å². The highest BCUT2D eigenvalue weighted by atomic mass is 16.6. The lowest BCUT2D eigenvalue weighted by atomic mass is 10.1. The summed E-state index contributed by atoms with van der Waals surface area (Å²) in [6.07, 6.45) is 46.6. The third-order valence-corrected chi connectivity index (χ3v) is 9.20. The van der Waals surface area contributed by atoms with Gasteiger partial charge in [-0.1, -0.05) is 157 Å². The Kier molecular flexibility index (Phi) is 35.5. The maximum absolute atomic E-state index is 12.6. The van der Waals surface area contributed by atoms with Crippen LogP contribution in [0, 0.1) is 0 Å². The molecule has 0 aromatic carbocycles. The number of carbonyl (C=O) groups is 3. The molecule has 55 heavy (non-hydrogen) atoms. The summed E-state index contributed by atoms with van der Waals surface area (Å²) in [6, 6.07) is -0.742. The molecular weight excluding hydrogens is 691 g/mol. The van der Waals surface area contributed by atoms with Crippen molar-refractivity contribution in [2.24, 2.45) is 0 Å². The summed E-state index contributed by atoms with van der Waals surface area (Å²) < 4.78 is 17.0. The molecule has 0 radical (unpaired) electrons. The second-order valence-electron chi connectivity index (χ2n) is 15.3. The van der Waals surface area contributed by atoms with Crippen LogP contribution in [0.1, 0.15) is 155 Å². The van der Waals surface area contributed by atoms with Crippen molar-refractivity contribution in [3.8, 4) is 0 Å². The van der Waals surface area contributed by atoms with Gasteiger partial charge in [-0.3, -0.25) is 9.59 Å². The zero-order chi connectivity index (χ0) is 40.7. The molecule has 0 heterocycles. The van der Waals surface area contributed by atoms with Crippen LogP contribution in [-0.2, 0) is 28.6 Å². The molecule has 2 atom stereocenters. The van der Waals surface area contributed by atoms with Crippen LogP contribution in [-0.4, -0.2) is 75.5 Å². The Balaban J connectivity index is 4.44. The molecule has 0 spiro atoms. The Morgan fingerprint density at radius 3 is 1.60 bits per heavy atom. The summed E-state index contributed by atoms with van der Waals surface area (Å²) in [5.41, 5.74) is 0. The van der Waals surface area contributed by atoms with E-state index in [4.69, 9.17) is 14.2 Å². The van der Waals surface area contributed by atoms with Crippen LogP contribution < -0.4 is 5.11 Å². The number of nitrogens with zero attached hydrogens (tertiary/aromatic N) is 1. The van der Waals surface area contributed by atoms with E-state index in [-0.39, 0.29) is 43.1 Å². The fourth-order valence-corrected chi connectivity index (χ4v) is 5.86. The maximum atomic E-state index is 12.6. The van der Waals surface area contributed by atoms with Gasteiger partial charge in [-0.05, 0) is 51.4 Å². The van der Waals surface area contributed by atoms with Gasteiger partial charge in [-0.25, -0.2) is 0 Å². The van der Waals surface area contributed by atoms with Crippen molar-refractivity contribution >= 4 is 17.9 Å². The molecule has 0 aliphatic rings. The fraction of sp³-hybridized carbons (Fsp3) is 0.681. The average Bonchev–Trinajstić information content (AvgIpc) is 3.14. The van der Waals surface area contributed by atoms with Crippen LogP contribution >= 0.6 is 0 Å². The number of quaternary nitrogens is 1. The van der Waals surface area contributed by atoms with E-state index in [1.807, 2.05) is 54.7 Å². The zero-order valence-electron chi connectivity index (χ0n) is 35.6. The number of esters is 2. The van der Waals surface area contributed by atoms with Crippen LogP contribution in [0.4, 0.5) is 0 Å². The molecule has 0 aromatic rings. The number of carbonyl (C=O) groups excluding carboxylic acids is 3. The third-order valence-electron chi connectivity index (χ3n) is 9.20. The Labute approximate surface area is 336 Å². The monoisotopic (exact) mass is 770 g/mol. The van der Waals surface area contributed by atoms with Gasteiger partial charge in [0.2, 0.25) is 0 Å². The van der Waals surface area contributed by atoms with Crippen molar-refractivity contribution in [1.29, 1.82) is 0 Å². The zero-order valence-corrected chi connectivity index (χ0v) is 35.6. The minimum atomic E-state index is -1.14. The van der Waals surface area contributed by atoms with Crippen LogP contribution in [0.5, 0.6) is 0 Å². The smallest absolute Gasteiger partial charge is 0.306 e. The molecule has 0 amide bonds. The first-order valence-electron chi connectivity index (χ1n) is 21.5. The highest BCUT2D eigenvalue weighted by Gasteiger charge is 2.25. The standard InChI is InChI=1S/C47H79NO7/c1-6-8-10-12-14-16-18-20-21-22-23-24-26-27-29-31-33-35-37-45(49)54-42-43(41-53-40-39-44(47(51)52)48(3,4)5)55-46(50)38-36-34-32-30-28-25-19-17-15-13-11-9-7-2/h9,11,13,15,17,19,23-25,28,30,32,43-44H,6-8,10,12,14,16,18,20-22,26-27,29,31,33-42H2,1-5H3/b11-9+,15-13+,19-17+,24-23+,28-25+,32-30+. The molecule has 314 valence electrons. The number of hydrogen-bond acceptors (Lipinski definition) is 7. The van der Waals surface area contributed by atoms with E-state index in [1.54, 1.807) is 21.1 Å². The Morgan fingerprint density at radius 1 is 0.564 bits per heavy atom. The summed E-state index contributed by atoms with van der Waals surface area (Å²) in [4.78, 5) is 36.8. The minimum Gasteiger partial charge on any atom is -0.544 e. The molecule has 0 N–H and O–H groups in total. The number of ether oxygens (including phenoxy) is 3. The van der Waals surface area contributed by atoms with Gasteiger partial charge in [0.1, 0.15) is 12.6 Å². The Bertz CT molecular complexity index is 1130. The fourth-order valence-electron chi connectivity index (χ4n) is 5.86. The Morgan fingerprint density at radius 2 is 1.05 bits per heavy atom. The summed E-state index contributed by atoms with van der Waals surface area (Å²) >= 11 is 0. The number of allylic oxidation sites excluding steroid dienone is 12. The van der Waals surface area contributed by atoms with Crippen LogP contribution in [0.25, 0.3) is 0 Å². The van der Waals surface area contributed by atoms with Gasteiger partial charge < -0.3 is 28.6 Å². The second kappa shape index (κ2) is 37.7. The number of hydrogen-bond donors (Lipinski definition) is 0. The molecule has 8 heteroatoms. The highest BCUT2D eigenvalue weighted by Crippen LogP contribution is 2.13. The molecule has 0 fully saturated rings. The molecule has 2 unspecified atom stereocenters. The lowest BCUT2D eigenvalue weighted by molar-refractivity contribution is -0.889. The van der Waals surface area contributed by atoms with Crippen molar-refractivity contribution in [3.63, 3.8) is 0 Å². The van der Waals surface area contributed by atoms with Crippen LogP contribution in [0.2, 0.25) is 0 Å². The van der Waals surface area contributed by atoms with Crippen molar-refractivity contribution in [2.45, 2.75) is 167 Å². The number of rotatable bonds is 37. The highest BCUT2D eigenvalue weighted by molar-refractivity contribution is 5.70. The first-order valence-corrected chi connectivity index (χ1v) is 21.5. The largest absolute Gasteiger partial charge is 0.544 e.